The summed E-state index contributed by atoms with van der Waals surface area (Å²) in [5, 5.41) is 4.13. The summed E-state index contributed by atoms with van der Waals surface area (Å²) in [6.07, 6.45) is 1.45. The van der Waals surface area contributed by atoms with Crippen LogP contribution in [0.25, 0.3) is 0 Å². The fraction of sp³-hybridized carbons (Fsp3) is 0.316. The highest BCUT2D eigenvalue weighted by Gasteiger charge is 2.25. The average Bonchev–Trinajstić information content (AvgIpc) is 2.61. The summed E-state index contributed by atoms with van der Waals surface area (Å²) in [6, 6.07) is 9.75. The maximum absolute atomic E-state index is 13.9. The van der Waals surface area contributed by atoms with Gasteiger partial charge in [0.2, 0.25) is 5.91 Å². The highest BCUT2D eigenvalue weighted by atomic mass is 35.5. The molecule has 138 valence electrons. The van der Waals surface area contributed by atoms with Gasteiger partial charge in [0.05, 0.1) is 10.0 Å². The van der Waals surface area contributed by atoms with Gasteiger partial charge in [-0.25, -0.2) is 4.39 Å². The van der Waals surface area contributed by atoms with E-state index in [9.17, 15) is 9.18 Å². The van der Waals surface area contributed by atoms with E-state index in [0.717, 1.165) is 25.9 Å². The first-order chi connectivity index (χ1) is 12.4. The minimum Gasteiger partial charge on any atom is -0.326 e. The lowest BCUT2D eigenvalue weighted by Gasteiger charge is -2.31. The Balaban J connectivity index is 1.52. The van der Waals surface area contributed by atoms with Crippen molar-refractivity contribution in [2.45, 2.75) is 19.4 Å². The third kappa shape index (κ3) is 4.89. The molecule has 0 atom stereocenters. The smallest absolute Gasteiger partial charge is 0.227 e. The molecule has 1 N–H and O–H groups in total. The van der Waals surface area contributed by atoms with E-state index in [2.05, 4.69) is 10.2 Å². The van der Waals surface area contributed by atoms with Gasteiger partial charge in [-0.2, -0.15) is 0 Å². The summed E-state index contributed by atoms with van der Waals surface area (Å²) >= 11 is 17.6. The van der Waals surface area contributed by atoms with Crippen molar-refractivity contribution >= 4 is 46.4 Å². The molecular formula is C19H18Cl3FN2O. The summed E-state index contributed by atoms with van der Waals surface area (Å²) in [4.78, 5) is 14.6. The molecule has 1 fully saturated rings. The predicted octanol–water partition coefficient (Wildman–Crippen LogP) is 5.64. The van der Waals surface area contributed by atoms with Crippen LogP contribution < -0.4 is 5.32 Å². The highest BCUT2D eigenvalue weighted by molar-refractivity contribution is 6.42. The van der Waals surface area contributed by atoms with Crippen LogP contribution >= 0.6 is 34.8 Å². The second kappa shape index (κ2) is 8.57. The van der Waals surface area contributed by atoms with Crippen LogP contribution in [-0.2, 0) is 11.3 Å². The molecule has 1 aliphatic heterocycles. The Bertz CT molecular complexity index is 807. The Kier molecular flexibility index (Phi) is 6.41. The van der Waals surface area contributed by atoms with E-state index in [4.69, 9.17) is 34.8 Å². The van der Waals surface area contributed by atoms with Crippen molar-refractivity contribution in [2.75, 3.05) is 18.4 Å². The van der Waals surface area contributed by atoms with E-state index in [1.165, 1.54) is 6.07 Å². The Hall–Kier alpha value is -1.33. The van der Waals surface area contributed by atoms with Crippen molar-refractivity contribution in [3.63, 3.8) is 0 Å². The third-order valence-corrected chi connectivity index (χ3v) is 5.53. The molecule has 7 heteroatoms. The molecule has 3 nitrogen and oxygen atoms in total. The molecule has 0 bridgehead atoms. The van der Waals surface area contributed by atoms with E-state index in [1.807, 2.05) is 0 Å². The second-order valence-electron chi connectivity index (χ2n) is 6.40. The largest absolute Gasteiger partial charge is 0.326 e. The number of anilines is 1. The van der Waals surface area contributed by atoms with Crippen LogP contribution in [0.4, 0.5) is 10.1 Å². The number of carbonyl (C=O) groups excluding carboxylic acids is 1. The van der Waals surface area contributed by atoms with Crippen LogP contribution in [0.3, 0.4) is 0 Å². The minimum atomic E-state index is -0.294. The van der Waals surface area contributed by atoms with Crippen molar-refractivity contribution in [1.29, 1.82) is 0 Å². The number of hydrogen-bond acceptors (Lipinski definition) is 2. The molecule has 0 saturated carbocycles. The maximum Gasteiger partial charge on any atom is 0.227 e. The zero-order valence-electron chi connectivity index (χ0n) is 13.9. The molecule has 3 rings (SSSR count). The van der Waals surface area contributed by atoms with Crippen LogP contribution in [0.5, 0.6) is 0 Å². The van der Waals surface area contributed by atoms with Crippen molar-refractivity contribution in [3.05, 3.63) is 62.8 Å². The number of rotatable bonds is 4. The Morgan fingerprint density at radius 3 is 2.46 bits per heavy atom. The summed E-state index contributed by atoms with van der Waals surface area (Å²) in [6.45, 7) is 1.99. The molecule has 1 amide bonds. The molecule has 1 aliphatic rings. The SMILES string of the molecule is O=C(Nc1ccc(Cl)c(Cl)c1)C1CCN(Cc2ccc(Cl)cc2F)CC1. The first-order valence-electron chi connectivity index (χ1n) is 8.34. The Morgan fingerprint density at radius 1 is 1.08 bits per heavy atom. The van der Waals surface area contributed by atoms with Crippen molar-refractivity contribution in [2.24, 2.45) is 5.92 Å². The standard InChI is InChI=1S/C19H18Cl3FN2O/c20-14-2-1-13(18(23)9-14)11-25-7-5-12(6-8-25)19(26)24-15-3-4-16(21)17(22)10-15/h1-4,9-10,12H,5-8,11H2,(H,24,26). The molecule has 26 heavy (non-hydrogen) atoms. The number of hydrogen-bond donors (Lipinski definition) is 1. The minimum absolute atomic E-state index is 0.0271. The monoisotopic (exact) mass is 414 g/mol. The fourth-order valence-corrected chi connectivity index (χ4v) is 3.52. The molecule has 0 aromatic heterocycles. The second-order valence-corrected chi connectivity index (χ2v) is 7.66. The van der Waals surface area contributed by atoms with Gasteiger partial charge in [0, 0.05) is 28.7 Å². The van der Waals surface area contributed by atoms with Gasteiger partial charge in [-0.1, -0.05) is 40.9 Å². The molecule has 2 aromatic carbocycles. The summed E-state index contributed by atoms with van der Waals surface area (Å²) < 4.78 is 13.9. The zero-order valence-corrected chi connectivity index (χ0v) is 16.2. The average molecular weight is 416 g/mol. The van der Waals surface area contributed by atoms with Crippen LogP contribution in [0.2, 0.25) is 15.1 Å². The number of carbonyl (C=O) groups is 1. The van der Waals surface area contributed by atoms with Gasteiger partial charge < -0.3 is 5.32 Å². The third-order valence-electron chi connectivity index (χ3n) is 4.55. The maximum atomic E-state index is 13.9. The van der Waals surface area contributed by atoms with Crippen molar-refractivity contribution in [1.82, 2.24) is 4.90 Å². The molecule has 0 unspecified atom stereocenters. The first kappa shape index (κ1) is 19.4. The summed E-state index contributed by atoms with van der Waals surface area (Å²) in [5.41, 5.74) is 1.25. The van der Waals surface area contributed by atoms with Crippen LogP contribution in [-0.4, -0.2) is 23.9 Å². The van der Waals surface area contributed by atoms with E-state index in [1.54, 1.807) is 30.3 Å². The number of halogens is 4. The molecule has 0 aliphatic carbocycles. The quantitative estimate of drug-likeness (QED) is 0.701. The fourth-order valence-electron chi connectivity index (χ4n) is 3.06. The predicted molar refractivity (Wildman–Crippen MR) is 105 cm³/mol. The Morgan fingerprint density at radius 2 is 1.81 bits per heavy atom. The number of amides is 1. The molecular weight excluding hydrogens is 398 g/mol. The molecule has 1 saturated heterocycles. The summed E-state index contributed by atoms with van der Waals surface area (Å²) in [7, 11) is 0. The number of benzene rings is 2. The molecule has 0 radical (unpaired) electrons. The van der Waals surface area contributed by atoms with Crippen LogP contribution in [0, 0.1) is 11.7 Å². The lowest BCUT2D eigenvalue weighted by molar-refractivity contribution is -0.121. The van der Waals surface area contributed by atoms with E-state index >= 15 is 0 Å². The van der Waals surface area contributed by atoms with E-state index < -0.39 is 0 Å². The lowest BCUT2D eigenvalue weighted by atomic mass is 9.95. The molecule has 2 aromatic rings. The summed E-state index contributed by atoms with van der Waals surface area (Å²) in [5.74, 6) is -0.395. The zero-order chi connectivity index (χ0) is 18.7. The normalized spacial score (nSPS) is 15.8. The van der Waals surface area contributed by atoms with Gasteiger partial charge in [-0.3, -0.25) is 9.69 Å². The van der Waals surface area contributed by atoms with Gasteiger partial charge in [0.1, 0.15) is 5.82 Å². The van der Waals surface area contributed by atoms with Gasteiger partial charge in [-0.05, 0) is 56.3 Å². The number of nitrogens with zero attached hydrogens (tertiary/aromatic N) is 1. The van der Waals surface area contributed by atoms with Crippen LogP contribution in [0.1, 0.15) is 18.4 Å². The van der Waals surface area contributed by atoms with Crippen LogP contribution in [0.15, 0.2) is 36.4 Å². The molecule has 1 heterocycles. The number of nitrogens with one attached hydrogen (secondary N) is 1. The van der Waals surface area contributed by atoms with E-state index in [-0.39, 0.29) is 17.6 Å². The lowest BCUT2D eigenvalue weighted by Crippen LogP contribution is -2.37. The topological polar surface area (TPSA) is 32.3 Å². The van der Waals surface area contributed by atoms with Gasteiger partial charge in [0.25, 0.3) is 0 Å². The Labute approximate surface area is 167 Å². The van der Waals surface area contributed by atoms with Gasteiger partial charge in [0.15, 0.2) is 0 Å². The number of piperidine rings is 1. The van der Waals surface area contributed by atoms with Gasteiger partial charge in [-0.15, -0.1) is 0 Å². The highest BCUT2D eigenvalue weighted by Crippen LogP contribution is 2.27. The van der Waals surface area contributed by atoms with Gasteiger partial charge >= 0.3 is 0 Å². The first-order valence-corrected chi connectivity index (χ1v) is 9.48. The van der Waals surface area contributed by atoms with Crippen molar-refractivity contribution < 1.29 is 9.18 Å². The number of likely N-dealkylation sites (tertiary alicyclic amines) is 1. The van der Waals surface area contributed by atoms with E-state index in [0.29, 0.717) is 32.9 Å². The molecule has 0 spiro atoms. The van der Waals surface area contributed by atoms with Crippen molar-refractivity contribution in [3.8, 4) is 0 Å².